The van der Waals surface area contributed by atoms with Crippen molar-refractivity contribution in [1.82, 2.24) is 5.43 Å². The minimum atomic E-state index is -0.446. The third-order valence-corrected chi connectivity index (χ3v) is 4.30. The highest BCUT2D eigenvalue weighted by molar-refractivity contribution is 14.1. The van der Waals surface area contributed by atoms with Gasteiger partial charge in [0.1, 0.15) is 0 Å². The van der Waals surface area contributed by atoms with Crippen LogP contribution in [-0.2, 0) is 4.79 Å². The summed E-state index contributed by atoms with van der Waals surface area (Å²) in [6.45, 7) is 3.55. The predicted octanol–water partition coefficient (Wildman–Crippen LogP) is 4.14. The highest BCUT2D eigenvalue weighted by atomic mass is 127. The van der Waals surface area contributed by atoms with E-state index in [2.05, 4.69) is 49.0 Å². The second-order valence-corrected chi connectivity index (χ2v) is 7.17. The number of hydrogen-bond donors (Lipinski definition) is 1. The lowest BCUT2D eigenvalue weighted by Crippen LogP contribution is -2.17. The van der Waals surface area contributed by atoms with Gasteiger partial charge in [-0.1, -0.05) is 6.07 Å². The number of esters is 1. The molecule has 0 saturated heterocycles. The fourth-order valence-corrected chi connectivity index (χ4v) is 3.11. The molecule has 0 spiro atoms. The standard InChI is InChI=1S/C18H16BrIN2O4/c1-3-25-16-8-12(7-15(19)17(16)26-11(2)23)10-21-22-18(24)13-5-4-6-14(20)9-13/h4-10H,3H2,1-2H3,(H,22,24)/b21-10-. The number of hydrogen-bond acceptors (Lipinski definition) is 5. The van der Waals surface area contributed by atoms with E-state index < -0.39 is 5.97 Å². The largest absolute Gasteiger partial charge is 0.490 e. The van der Waals surface area contributed by atoms with E-state index in [1.165, 1.54) is 13.1 Å². The van der Waals surface area contributed by atoms with Gasteiger partial charge in [0.25, 0.3) is 5.91 Å². The first-order chi connectivity index (χ1) is 12.4. The van der Waals surface area contributed by atoms with Crippen molar-refractivity contribution < 1.29 is 19.1 Å². The first-order valence-corrected chi connectivity index (χ1v) is 9.51. The summed E-state index contributed by atoms with van der Waals surface area (Å²) in [5.41, 5.74) is 3.67. The maximum atomic E-state index is 12.1. The Kier molecular flexibility index (Phi) is 7.58. The second-order valence-electron chi connectivity index (χ2n) is 5.07. The molecular formula is C18H16BrIN2O4. The van der Waals surface area contributed by atoms with E-state index in [4.69, 9.17) is 9.47 Å². The maximum absolute atomic E-state index is 12.1. The number of carbonyl (C=O) groups is 2. The molecule has 0 unspecified atom stereocenters. The second kappa shape index (κ2) is 9.67. The Balaban J connectivity index is 2.16. The van der Waals surface area contributed by atoms with Gasteiger partial charge in [-0.3, -0.25) is 9.59 Å². The molecule has 136 valence electrons. The number of rotatable bonds is 6. The lowest BCUT2D eigenvalue weighted by Gasteiger charge is -2.12. The number of ether oxygens (including phenoxy) is 2. The first kappa shape index (κ1) is 20.4. The zero-order valence-electron chi connectivity index (χ0n) is 14.1. The van der Waals surface area contributed by atoms with E-state index >= 15 is 0 Å². The van der Waals surface area contributed by atoms with Gasteiger partial charge in [0.05, 0.1) is 17.3 Å². The van der Waals surface area contributed by atoms with Gasteiger partial charge in [0.15, 0.2) is 11.5 Å². The molecule has 0 saturated carbocycles. The minimum absolute atomic E-state index is 0.305. The normalized spacial score (nSPS) is 10.6. The zero-order valence-corrected chi connectivity index (χ0v) is 17.8. The van der Waals surface area contributed by atoms with Crippen molar-refractivity contribution in [2.24, 2.45) is 5.10 Å². The third-order valence-electron chi connectivity index (χ3n) is 3.04. The van der Waals surface area contributed by atoms with Crippen LogP contribution < -0.4 is 14.9 Å². The summed E-state index contributed by atoms with van der Waals surface area (Å²) >= 11 is 5.49. The van der Waals surface area contributed by atoms with Crippen molar-refractivity contribution in [2.45, 2.75) is 13.8 Å². The van der Waals surface area contributed by atoms with Crippen LogP contribution in [0.15, 0.2) is 46.0 Å². The molecule has 6 nitrogen and oxygen atoms in total. The highest BCUT2D eigenvalue weighted by Crippen LogP contribution is 2.36. The van der Waals surface area contributed by atoms with Crippen LogP contribution in [0.2, 0.25) is 0 Å². The molecule has 2 aromatic carbocycles. The molecule has 0 bridgehead atoms. The Morgan fingerprint density at radius 3 is 2.73 bits per heavy atom. The Morgan fingerprint density at radius 2 is 2.08 bits per heavy atom. The van der Waals surface area contributed by atoms with Crippen molar-refractivity contribution in [3.63, 3.8) is 0 Å². The summed E-state index contributed by atoms with van der Waals surface area (Å²) in [6.07, 6.45) is 1.48. The minimum Gasteiger partial charge on any atom is -0.490 e. The van der Waals surface area contributed by atoms with Gasteiger partial charge < -0.3 is 9.47 Å². The Morgan fingerprint density at radius 1 is 1.31 bits per heavy atom. The average molecular weight is 531 g/mol. The molecule has 2 aromatic rings. The molecule has 0 aliphatic heterocycles. The number of nitrogens with one attached hydrogen (secondary N) is 1. The fourth-order valence-electron chi connectivity index (χ4n) is 2.03. The number of nitrogens with zero attached hydrogens (tertiary/aromatic N) is 1. The highest BCUT2D eigenvalue weighted by Gasteiger charge is 2.14. The lowest BCUT2D eigenvalue weighted by molar-refractivity contribution is -0.132. The molecule has 1 N–H and O–H groups in total. The molecule has 0 radical (unpaired) electrons. The van der Waals surface area contributed by atoms with Gasteiger partial charge in [-0.15, -0.1) is 0 Å². The van der Waals surface area contributed by atoms with Crippen LogP contribution in [0.25, 0.3) is 0 Å². The molecule has 0 heterocycles. The summed E-state index contributed by atoms with van der Waals surface area (Å²) in [7, 11) is 0. The van der Waals surface area contributed by atoms with Crippen LogP contribution in [-0.4, -0.2) is 24.7 Å². The van der Waals surface area contributed by atoms with E-state index in [0.29, 0.717) is 33.7 Å². The van der Waals surface area contributed by atoms with Gasteiger partial charge in [0, 0.05) is 16.1 Å². The summed E-state index contributed by atoms with van der Waals surface area (Å²) in [6, 6.07) is 10.6. The Bertz CT molecular complexity index is 855. The van der Waals surface area contributed by atoms with Gasteiger partial charge in [-0.2, -0.15) is 5.10 Å². The van der Waals surface area contributed by atoms with Crippen LogP contribution in [0.3, 0.4) is 0 Å². The molecule has 1 amide bonds. The van der Waals surface area contributed by atoms with E-state index in [-0.39, 0.29) is 5.91 Å². The molecule has 0 aliphatic carbocycles. The van der Waals surface area contributed by atoms with Gasteiger partial charge >= 0.3 is 5.97 Å². The van der Waals surface area contributed by atoms with Crippen LogP contribution in [0.4, 0.5) is 0 Å². The van der Waals surface area contributed by atoms with E-state index in [9.17, 15) is 9.59 Å². The van der Waals surface area contributed by atoms with Crippen LogP contribution >= 0.6 is 38.5 Å². The van der Waals surface area contributed by atoms with Crippen molar-refractivity contribution in [2.75, 3.05) is 6.61 Å². The summed E-state index contributed by atoms with van der Waals surface area (Å²) < 4.78 is 12.2. The van der Waals surface area contributed by atoms with Gasteiger partial charge in [0.2, 0.25) is 0 Å². The molecule has 8 heteroatoms. The number of halogens is 2. The van der Waals surface area contributed by atoms with Gasteiger partial charge in [-0.25, -0.2) is 5.43 Å². The topological polar surface area (TPSA) is 77.0 Å². The van der Waals surface area contributed by atoms with Crippen molar-refractivity contribution in [3.8, 4) is 11.5 Å². The molecule has 0 aliphatic rings. The number of hydrazone groups is 1. The van der Waals surface area contributed by atoms with Gasteiger partial charge in [-0.05, 0) is 81.3 Å². The molecule has 26 heavy (non-hydrogen) atoms. The monoisotopic (exact) mass is 530 g/mol. The van der Waals surface area contributed by atoms with Crippen LogP contribution in [0.1, 0.15) is 29.8 Å². The van der Waals surface area contributed by atoms with E-state index in [1.807, 2.05) is 13.0 Å². The fraction of sp³-hybridized carbons (Fsp3) is 0.167. The first-order valence-electron chi connectivity index (χ1n) is 7.64. The molecule has 0 fully saturated rings. The lowest BCUT2D eigenvalue weighted by atomic mass is 10.2. The third kappa shape index (κ3) is 5.80. The molecule has 0 atom stereocenters. The van der Waals surface area contributed by atoms with E-state index in [1.54, 1.807) is 30.3 Å². The van der Waals surface area contributed by atoms with Crippen molar-refractivity contribution >= 4 is 56.6 Å². The molecular weight excluding hydrogens is 515 g/mol. The zero-order chi connectivity index (χ0) is 19.1. The van der Waals surface area contributed by atoms with Crippen molar-refractivity contribution in [3.05, 3.63) is 55.6 Å². The number of amides is 1. The van der Waals surface area contributed by atoms with Crippen LogP contribution in [0.5, 0.6) is 11.5 Å². The SMILES string of the molecule is CCOc1cc(/C=N\NC(=O)c2cccc(I)c2)cc(Br)c1OC(C)=O. The smallest absolute Gasteiger partial charge is 0.308 e. The Hall–Kier alpha value is -1.94. The maximum Gasteiger partial charge on any atom is 0.308 e. The summed E-state index contributed by atoms with van der Waals surface area (Å²) in [4.78, 5) is 23.3. The average Bonchev–Trinajstić information content (AvgIpc) is 2.58. The molecule has 2 rings (SSSR count). The quantitative estimate of drug-likeness (QED) is 0.200. The van der Waals surface area contributed by atoms with Crippen LogP contribution in [0, 0.1) is 3.57 Å². The van der Waals surface area contributed by atoms with Crippen molar-refractivity contribution in [1.29, 1.82) is 0 Å². The summed E-state index contributed by atoms with van der Waals surface area (Å²) in [5.74, 6) is -0.0416. The molecule has 0 aromatic heterocycles. The predicted molar refractivity (Wildman–Crippen MR) is 111 cm³/mol. The number of benzene rings is 2. The summed E-state index contributed by atoms with van der Waals surface area (Å²) in [5, 5.41) is 3.97. The number of carbonyl (C=O) groups excluding carboxylic acids is 2. The Labute approximate surface area is 173 Å². The van der Waals surface area contributed by atoms with E-state index in [0.717, 1.165) is 3.57 Å².